The molecular weight excluding hydrogens is 330 g/mol. The first-order chi connectivity index (χ1) is 12.6. The molecule has 0 aliphatic heterocycles. The van der Waals surface area contributed by atoms with E-state index in [0.29, 0.717) is 32.0 Å². The van der Waals surface area contributed by atoms with Gasteiger partial charge in [0.2, 0.25) is 0 Å². The van der Waals surface area contributed by atoms with Gasteiger partial charge in [0.15, 0.2) is 0 Å². The Morgan fingerprint density at radius 2 is 1.81 bits per heavy atom. The number of ether oxygens (including phenoxy) is 2. The number of methoxy groups -OCH3 is 2. The van der Waals surface area contributed by atoms with Gasteiger partial charge < -0.3 is 19.7 Å². The summed E-state index contributed by atoms with van der Waals surface area (Å²) < 4.78 is 10.1. The maximum atomic E-state index is 12.4. The van der Waals surface area contributed by atoms with Crippen LogP contribution in [0.1, 0.15) is 25.3 Å². The number of carbonyl (C=O) groups excluding carboxylic acids is 1. The van der Waals surface area contributed by atoms with E-state index in [-0.39, 0.29) is 5.57 Å². The fourth-order valence-electron chi connectivity index (χ4n) is 2.31. The van der Waals surface area contributed by atoms with Gasteiger partial charge >= 0.3 is 0 Å². The first-order valence-electron chi connectivity index (χ1n) is 8.88. The van der Waals surface area contributed by atoms with Crippen molar-refractivity contribution in [3.05, 3.63) is 41.6 Å². The molecule has 0 aliphatic carbocycles. The lowest BCUT2D eigenvalue weighted by molar-refractivity contribution is -0.112. The minimum atomic E-state index is -0.423. The first kappa shape index (κ1) is 21.7. The molecule has 1 amide bonds. The number of benzene rings is 1. The summed E-state index contributed by atoms with van der Waals surface area (Å²) in [5.41, 5.74) is 1.97. The maximum absolute atomic E-state index is 12.4. The van der Waals surface area contributed by atoms with E-state index in [1.807, 2.05) is 35.2 Å². The Labute approximate surface area is 156 Å². The molecular formula is C20H29N3O3. The lowest BCUT2D eigenvalue weighted by atomic mass is 10.1. The van der Waals surface area contributed by atoms with Gasteiger partial charge in [-0.25, -0.2) is 0 Å². The second kappa shape index (κ2) is 12.9. The molecule has 0 fully saturated rings. The summed E-state index contributed by atoms with van der Waals surface area (Å²) in [4.78, 5) is 14.2. The summed E-state index contributed by atoms with van der Waals surface area (Å²) in [7, 11) is 3.22. The normalized spacial score (nSPS) is 11.1. The third kappa shape index (κ3) is 8.15. The number of amides is 1. The minimum Gasteiger partial charge on any atom is -0.383 e. The monoisotopic (exact) mass is 359 g/mol. The lowest BCUT2D eigenvalue weighted by Gasteiger charge is -2.20. The fraction of sp³-hybridized carbons (Fsp3) is 0.500. The third-order valence-corrected chi connectivity index (χ3v) is 3.87. The van der Waals surface area contributed by atoms with Gasteiger partial charge in [-0.2, -0.15) is 5.26 Å². The summed E-state index contributed by atoms with van der Waals surface area (Å²) in [6.45, 7) is 4.31. The highest BCUT2D eigenvalue weighted by atomic mass is 16.5. The summed E-state index contributed by atoms with van der Waals surface area (Å²) in [6, 6.07) is 9.71. The molecule has 1 aromatic rings. The van der Waals surface area contributed by atoms with E-state index < -0.39 is 5.91 Å². The van der Waals surface area contributed by atoms with Crippen LogP contribution in [0.15, 0.2) is 36.0 Å². The van der Waals surface area contributed by atoms with Gasteiger partial charge in [0, 0.05) is 39.2 Å². The van der Waals surface area contributed by atoms with Crippen LogP contribution in [-0.4, -0.2) is 51.3 Å². The molecule has 0 saturated carbocycles. The van der Waals surface area contributed by atoms with Gasteiger partial charge in [-0.3, -0.25) is 4.79 Å². The van der Waals surface area contributed by atoms with Crippen molar-refractivity contribution in [1.82, 2.24) is 4.90 Å². The van der Waals surface area contributed by atoms with E-state index in [0.717, 1.165) is 19.3 Å². The van der Waals surface area contributed by atoms with Crippen LogP contribution in [0.3, 0.4) is 0 Å². The first-order valence-corrected chi connectivity index (χ1v) is 8.88. The highest BCUT2D eigenvalue weighted by molar-refractivity contribution is 6.06. The highest BCUT2D eigenvalue weighted by Gasteiger charge is 2.12. The molecule has 142 valence electrons. The summed E-state index contributed by atoms with van der Waals surface area (Å²) >= 11 is 0. The van der Waals surface area contributed by atoms with Crippen LogP contribution in [0.5, 0.6) is 0 Å². The topological polar surface area (TPSA) is 74.6 Å². The SMILES string of the molecule is CCCCc1ccc(NC(=O)/C(C#N)=C\N(CCOC)CCOC)cc1. The molecule has 6 nitrogen and oxygen atoms in total. The van der Waals surface area contributed by atoms with Crippen LogP contribution in [0.25, 0.3) is 0 Å². The van der Waals surface area contributed by atoms with Gasteiger partial charge in [-0.15, -0.1) is 0 Å². The molecule has 0 aliphatic rings. The van der Waals surface area contributed by atoms with Gasteiger partial charge in [0.25, 0.3) is 5.91 Å². The van der Waals surface area contributed by atoms with E-state index >= 15 is 0 Å². The Hall–Kier alpha value is -2.36. The number of anilines is 1. The number of nitriles is 1. The van der Waals surface area contributed by atoms with Gasteiger partial charge in [-0.05, 0) is 30.5 Å². The number of hydrogen-bond acceptors (Lipinski definition) is 5. The molecule has 0 unspecified atom stereocenters. The van der Waals surface area contributed by atoms with Crippen LogP contribution in [0.2, 0.25) is 0 Å². The van der Waals surface area contributed by atoms with Crippen LogP contribution < -0.4 is 5.32 Å². The van der Waals surface area contributed by atoms with Crippen molar-refractivity contribution >= 4 is 11.6 Å². The van der Waals surface area contributed by atoms with Crippen LogP contribution >= 0.6 is 0 Å². The molecule has 0 saturated heterocycles. The van der Waals surface area contributed by atoms with Gasteiger partial charge in [0.1, 0.15) is 11.6 Å². The summed E-state index contributed by atoms with van der Waals surface area (Å²) in [5, 5.41) is 12.1. The fourth-order valence-corrected chi connectivity index (χ4v) is 2.31. The molecule has 0 atom stereocenters. The molecule has 0 bridgehead atoms. The van der Waals surface area contributed by atoms with Crippen LogP contribution in [-0.2, 0) is 20.7 Å². The van der Waals surface area contributed by atoms with Gasteiger partial charge in [0.05, 0.1) is 13.2 Å². The predicted molar refractivity (Wildman–Crippen MR) is 103 cm³/mol. The lowest BCUT2D eigenvalue weighted by Crippen LogP contribution is -2.27. The average molecular weight is 359 g/mol. The van der Waals surface area contributed by atoms with Crippen molar-refractivity contribution < 1.29 is 14.3 Å². The standard InChI is InChI=1S/C20H29N3O3/c1-4-5-6-17-7-9-19(10-8-17)22-20(24)18(15-21)16-23(11-13-25-2)12-14-26-3/h7-10,16H,4-6,11-14H2,1-3H3,(H,22,24)/b18-16-. The van der Waals surface area contributed by atoms with Crippen molar-refractivity contribution in [3.63, 3.8) is 0 Å². The second-order valence-corrected chi connectivity index (χ2v) is 5.93. The molecule has 26 heavy (non-hydrogen) atoms. The third-order valence-electron chi connectivity index (χ3n) is 3.87. The van der Waals surface area contributed by atoms with E-state index in [2.05, 4.69) is 12.2 Å². The van der Waals surface area contributed by atoms with E-state index in [1.165, 1.54) is 5.56 Å². The number of unbranched alkanes of at least 4 members (excludes halogenated alkanes) is 1. The van der Waals surface area contributed by atoms with E-state index in [9.17, 15) is 10.1 Å². The van der Waals surface area contributed by atoms with E-state index in [4.69, 9.17) is 9.47 Å². The molecule has 0 radical (unpaired) electrons. The molecule has 1 rings (SSSR count). The van der Waals surface area contributed by atoms with Gasteiger partial charge in [-0.1, -0.05) is 25.5 Å². The highest BCUT2D eigenvalue weighted by Crippen LogP contribution is 2.13. The molecule has 1 N–H and O–H groups in total. The largest absolute Gasteiger partial charge is 0.383 e. The molecule has 0 aromatic heterocycles. The number of nitrogens with one attached hydrogen (secondary N) is 1. The Morgan fingerprint density at radius 1 is 1.19 bits per heavy atom. The number of rotatable bonds is 12. The number of hydrogen-bond donors (Lipinski definition) is 1. The molecule has 0 spiro atoms. The van der Waals surface area contributed by atoms with Crippen LogP contribution in [0.4, 0.5) is 5.69 Å². The zero-order valence-corrected chi connectivity index (χ0v) is 16.0. The number of nitrogens with zero attached hydrogens (tertiary/aromatic N) is 2. The quantitative estimate of drug-likeness (QED) is 0.459. The number of carbonyl (C=O) groups is 1. The molecule has 0 heterocycles. The zero-order valence-electron chi connectivity index (χ0n) is 16.0. The summed E-state index contributed by atoms with van der Waals surface area (Å²) in [5.74, 6) is -0.423. The van der Waals surface area contributed by atoms with Crippen molar-refractivity contribution in [2.45, 2.75) is 26.2 Å². The Morgan fingerprint density at radius 3 is 2.31 bits per heavy atom. The zero-order chi connectivity index (χ0) is 19.2. The minimum absolute atomic E-state index is 0.0484. The summed E-state index contributed by atoms with van der Waals surface area (Å²) in [6.07, 6.45) is 4.88. The second-order valence-electron chi connectivity index (χ2n) is 5.93. The Bertz CT molecular complexity index is 598. The van der Waals surface area contributed by atoms with Crippen LogP contribution in [0, 0.1) is 11.3 Å². The maximum Gasteiger partial charge on any atom is 0.267 e. The predicted octanol–water partition coefficient (Wildman–Crippen LogP) is 2.97. The van der Waals surface area contributed by atoms with Crippen molar-refractivity contribution in [3.8, 4) is 6.07 Å². The van der Waals surface area contributed by atoms with Crippen molar-refractivity contribution in [2.75, 3.05) is 45.8 Å². The van der Waals surface area contributed by atoms with Crippen molar-refractivity contribution in [1.29, 1.82) is 5.26 Å². The smallest absolute Gasteiger partial charge is 0.267 e. The molecule has 1 aromatic carbocycles. The Balaban J connectivity index is 2.74. The number of aryl methyl sites for hydroxylation is 1. The molecule has 6 heteroatoms. The average Bonchev–Trinajstić information content (AvgIpc) is 2.66. The van der Waals surface area contributed by atoms with E-state index in [1.54, 1.807) is 20.4 Å². The Kier molecular flexibility index (Phi) is 10.8. The van der Waals surface area contributed by atoms with Crippen molar-refractivity contribution in [2.24, 2.45) is 0 Å².